The van der Waals surface area contributed by atoms with Gasteiger partial charge in [-0.25, -0.2) is 0 Å². The molecule has 1 aromatic rings. The maximum atomic E-state index is 11.9. The number of amides is 1. The molecule has 0 aliphatic heterocycles. The molecule has 1 rings (SSSR count). The number of aliphatic hydroxyl groups is 1. The molecule has 1 heterocycles. The van der Waals surface area contributed by atoms with Crippen LogP contribution in [0, 0.1) is 6.92 Å². The van der Waals surface area contributed by atoms with Crippen molar-refractivity contribution < 1.29 is 14.6 Å². The molecule has 5 heteroatoms. The van der Waals surface area contributed by atoms with Gasteiger partial charge in [-0.05, 0) is 31.4 Å². The molecule has 18 heavy (non-hydrogen) atoms. The van der Waals surface area contributed by atoms with E-state index in [0.29, 0.717) is 19.6 Å². The fourth-order valence-corrected chi connectivity index (χ4v) is 2.73. The second-order valence-electron chi connectivity index (χ2n) is 4.20. The fourth-order valence-electron chi connectivity index (χ4n) is 1.70. The molecule has 1 atom stereocenters. The molecule has 102 valence electrons. The van der Waals surface area contributed by atoms with E-state index in [2.05, 4.69) is 12.2 Å². The number of carbonyl (C=O) groups is 1. The minimum absolute atomic E-state index is 0.0626. The Kier molecular flexibility index (Phi) is 6.32. The number of hydrogen-bond donors (Lipinski definition) is 2. The van der Waals surface area contributed by atoms with Gasteiger partial charge in [0.05, 0.1) is 17.6 Å². The van der Waals surface area contributed by atoms with Crippen molar-refractivity contribution in [1.82, 2.24) is 5.32 Å². The smallest absolute Gasteiger partial charge is 0.261 e. The van der Waals surface area contributed by atoms with Gasteiger partial charge in [0.2, 0.25) is 0 Å². The Hall–Kier alpha value is -0.910. The van der Waals surface area contributed by atoms with E-state index in [1.165, 1.54) is 21.8 Å². The van der Waals surface area contributed by atoms with Crippen molar-refractivity contribution in [3.63, 3.8) is 0 Å². The molecule has 1 amide bonds. The second kappa shape index (κ2) is 7.51. The number of thiophene rings is 1. The first-order valence-corrected chi connectivity index (χ1v) is 6.94. The van der Waals surface area contributed by atoms with Crippen LogP contribution in [0.15, 0.2) is 6.07 Å². The van der Waals surface area contributed by atoms with Crippen molar-refractivity contribution in [2.75, 3.05) is 20.3 Å². The van der Waals surface area contributed by atoms with Gasteiger partial charge in [-0.15, -0.1) is 11.3 Å². The van der Waals surface area contributed by atoms with Gasteiger partial charge >= 0.3 is 0 Å². The average Bonchev–Trinajstić information content (AvgIpc) is 2.71. The number of aliphatic hydroxyl groups excluding tert-OH is 1. The SMILES string of the molecule is CCc1cc(C(=O)NCCC(O)COC)sc1C. The molecule has 0 saturated heterocycles. The van der Waals surface area contributed by atoms with Crippen LogP contribution in [-0.4, -0.2) is 37.4 Å². The van der Waals surface area contributed by atoms with E-state index in [9.17, 15) is 9.90 Å². The molecule has 1 unspecified atom stereocenters. The van der Waals surface area contributed by atoms with Gasteiger partial charge in [0.15, 0.2) is 0 Å². The monoisotopic (exact) mass is 271 g/mol. The summed E-state index contributed by atoms with van der Waals surface area (Å²) in [5.74, 6) is -0.0626. The molecule has 0 fully saturated rings. The van der Waals surface area contributed by atoms with E-state index in [-0.39, 0.29) is 5.91 Å². The minimum atomic E-state index is -0.522. The Morgan fingerprint density at radius 2 is 2.33 bits per heavy atom. The van der Waals surface area contributed by atoms with Crippen LogP contribution < -0.4 is 5.32 Å². The summed E-state index contributed by atoms with van der Waals surface area (Å²) >= 11 is 1.52. The van der Waals surface area contributed by atoms with E-state index in [1.54, 1.807) is 7.11 Å². The highest BCUT2D eigenvalue weighted by atomic mass is 32.1. The highest BCUT2D eigenvalue weighted by Crippen LogP contribution is 2.21. The van der Waals surface area contributed by atoms with E-state index in [1.807, 2.05) is 13.0 Å². The van der Waals surface area contributed by atoms with Crippen LogP contribution in [0.5, 0.6) is 0 Å². The zero-order chi connectivity index (χ0) is 13.5. The van der Waals surface area contributed by atoms with Gasteiger partial charge in [0, 0.05) is 18.5 Å². The summed E-state index contributed by atoms with van der Waals surface area (Å²) in [6.45, 7) is 4.87. The van der Waals surface area contributed by atoms with E-state index < -0.39 is 6.10 Å². The normalized spacial score (nSPS) is 12.4. The molecular formula is C13H21NO3S. The molecule has 0 radical (unpaired) electrons. The van der Waals surface area contributed by atoms with Crippen LogP contribution in [0.4, 0.5) is 0 Å². The van der Waals surface area contributed by atoms with Crippen LogP contribution >= 0.6 is 11.3 Å². The van der Waals surface area contributed by atoms with Gasteiger partial charge in [-0.1, -0.05) is 6.92 Å². The number of aryl methyl sites for hydroxylation is 2. The molecule has 1 aromatic heterocycles. The van der Waals surface area contributed by atoms with Gasteiger partial charge in [0.1, 0.15) is 0 Å². The highest BCUT2D eigenvalue weighted by Gasteiger charge is 2.11. The predicted molar refractivity (Wildman–Crippen MR) is 73.3 cm³/mol. The van der Waals surface area contributed by atoms with Crippen LogP contribution in [0.25, 0.3) is 0 Å². The van der Waals surface area contributed by atoms with Crippen LogP contribution in [0.2, 0.25) is 0 Å². The van der Waals surface area contributed by atoms with Crippen LogP contribution in [0.3, 0.4) is 0 Å². The lowest BCUT2D eigenvalue weighted by molar-refractivity contribution is 0.0588. The van der Waals surface area contributed by atoms with Crippen molar-refractivity contribution in [3.05, 3.63) is 21.4 Å². The molecule has 0 aromatic carbocycles. The Bertz CT molecular complexity index is 390. The van der Waals surface area contributed by atoms with Gasteiger partial charge in [-0.3, -0.25) is 4.79 Å². The van der Waals surface area contributed by atoms with Crippen molar-refractivity contribution in [2.45, 2.75) is 32.8 Å². The molecule has 4 nitrogen and oxygen atoms in total. The van der Waals surface area contributed by atoms with Crippen molar-refractivity contribution in [3.8, 4) is 0 Å². The highest BCUT2D eigenvalue weighted by molar-refractivity contribution is 7.14. The number of carbonyl (C=O) groups excluding carboxylic acids is 1. The second-order valence-corrected chi connectivity index (χ2v) is 5.46. The molecule has 2 N–H and O–H groups in total. The Morgan fingerprint density at radius 1 is 1.61 bits per heavy atom. The van der Waals surface area contributed by atoms with E-state index in [0.717, 1.165) is 11.3 Å². The Morgan fingerprint density at radius 3 is 2.89 bits per heavy atom. The lowest BCUT2D eigenvalue weighted by atomic mass is 10.2. The Balaban J connectivity index is 2.40. The molecule has 0 saturated carbocycles. The zero-order valence-corrected chi connectivity index (χ0v) is 12.0. The number of ether oxygens (including phenoxy) is 1. The first kappa shape index (κ1) is 15.1. The predicted octanol–water partition coefficient (Wildman–Crippen LogP) is 1.75. The lowest BCUT2D eigenvalue weighted by Gasteiger charge is -2.09. The van der Waals surface area contributed by atoms with Crippen molar-refractivity contribution in [1.29, 1.82) is 0 Å². The quantitative estimate of drug-likeness (QED) is 0.794. The van der Waals surface area contributed by atoms with E-state index >= 15 is 0 Å². The first-order chi connectivity index (χ1) is 8.58. The summed E-state index contributed by atoms with van der Waals surface area (Å²) in [5.41, 5.74) is 1.23. The van der Waals surface area contributed by atoms with E-state index in [4.69, 9.17) is 4.74 Å². The maximum Gasteiger partial charge on any atom is 0.261 e. The lowest BCUT2D eigenvalue weighted by Crippen LogP contribution is -2.27. The summed E-state index contributed by atoms with van der Waals surface area (Å²) in [4.78, 5) is 13.8. The Labute approximate surface area is 112 Å². The average molecular weight is 271 g/mol. The fraction of sp³-hybridized carbons (Fsp3) is 0.615. The molecule has 0 aliphatic carbocycles. The van der Waals surface area contributed by atoms with Gasteiger partial charge < -0.3 is 15.2 Å². The van der Waals surface area contributed by atoms with Crippen LogP contribution in [0.1, 0.15) is 33.5 Å². The van der Waals surface area contributed by atoms with Crippen molar-refractivity contribution in [2.24, 2.45) is 0 Å². The zero-order valence-electron chi connectivity index (χ0n) is 11.2. The number of rotatable bonds is 7. The summed E-state index contributed by atoms with van der Waals surface area (Å²) in [7, 11) is 1.54. The molecule has 0 bridgehead atoms. The number of hydrogen-bond acceptors (Lipinski definition) is 4. The molecular weight excluding hydrogens is 250 g/mol. The summed E-state index contributed by atoms with van der Waals surface area (Å²) in [6.07, 6.45) is 0.929. The first-order valence-electron chi connectivity index (χ1n) is 6.13. The number of methoxy groups -OCH3 is 1. The van der Waals surface area contributed by atoms with Crippen molar-refractivity contribution >= 4 is 17.2 Å². The largest absolute Gasteiger partial charge is 0.391 e. The number of nitrogens with one attached hydrogen (secondary N) is 1. The molecule has 0 aliphatic rings. The third kappa shape index (κ3) is 4.40. The maximum absolute atomic E-state index is 11.9. The third-order valence-electron chi connectivity index (χ3n) is 2.75. The summed E-state index contributed by atoms with van der Waals surface area (Å²) < 4.78 is 4.82. The standard InChI is InChI=1S/C13H21NO3S/c1-4-10-7-12(18-9(10)2)13(16)14-6-5-11(15)8-17-3/h7,11,15H,4-6,8H2,1-3H3,(H,14,16). The van der Waals surface area contributed by atoms with Gasteiger partial charge in [-0.2, -0.15) is 0 Å². The van der Waals surface area contributed by atoms with Gasteiger partial charge in [0.25, 0.3) is 5.91 Å². The third-order valence-corrected chi connectivity index (χ3v) is 3.84. The summed E-state index contributed by atoms with van der Waals surface area (Å²) in [5, 5.41) is 12.3. The topological polar surface area (TPSA) is 58.6 Å². The van der Waals surface area contributed by atoms with Crippen LogP contribution in [-0.2, 0) is 11.2 Å². The molecule has 0 spiro atoms. The minimum Gasteiger partial charge on any atom is -0.391 e. The summed E-state index contributed by atoms with van der Waals surface area (Å²) in [6, 6.07) is 1.95.